The van der Waals surface area contributed by atoms with E-state index < -0.39 is 10.0 Å². The van der Waals surface area contributed by atoms with Crippen molar-refractivity contribution in [2.45, 2.75) is 25.7 Å². The van der Waals surface area contributed by atoms with Crippen molar-refractivity contribution in [3.8, 4) is 22.9 Å². The van der Waals surface area contributed by atoms with Crippen LogP contribution in [0.15, 0.2) is 78.0 Å². The molecule has 0 radical (unpaired) electrons. The van der Waals surface area contributed by atoms with Gasteiger partial charge >= 0.3 is 0 Å². The van der Waals surface area contributed by atoms with Crippen molar-refractivity contribution in [2.24, 2.45) is 13.0 Å². The number of nitrogens with zero attached hydrogens (tertiary/aromatic N) is 6. The zero-order valence-electron chi connectivity index (χ0n) is 24.7. The average molecular weight is 588 g/mol. The molecule has 1 saturated heterocycles. The van der Waals surface area contributed by atoms with E-state index in [2.05, 4.69) is 63.5 Å². The van der Waals surface area contributed by atoms with E-state index in [1.54, 1.807) is 13.1 Å². The standard InChI is InChI=1S/C31H37N7O3S/c1-22(2)18-23(3)27-8-6-7-9-28(27)29-19-30(34-31(33-29)35-42(39,40)26-20-32-37(5)21-26)41-25-12-10-24(11-13-25)38-16-14-36(4)15-17-38/h6-13,18-22H,14-17H2,1-5H3,(H,33,34,35)/b23-18-. The van der Waals surface area contributed by atoms with E-state index in [-0.39, 0.29) is 16.7 Å². The van der Waals surface area contributed by atoms with E-state index in [1.165, 1.54) is 17.1 Å². The van der Waals surface area contributed by atoms with E-state index in [4.69, 9.17) is 4.74 Å². The predicted octanol–water partition coefficient (Wildman–Crippen LogP) is 5.28. The van der Waals surface area contributed by atoms with Crippen molar-refractivity contribution >= 4 is 27.2 Å². The van der Waals surface area contributed by atoms with Crippen LogP contribution >= 0.6 is 0 Å². The highest BCUT2D eigenvalue weighted by Gasteiger charge is 2.21. The maximum Gasteiger partial charge on any atom is 0.267 e. The van der Waals surface area contributed by atoms with Gasteiger partial charge in [0.2, 0.25) is 11.8 Å². The number of anilines is 2. The van der Waals surface area contributed by atoms with Gasteiger partial charge in [-0.05, 0) is 55.3 Å². The molecule has 11 heteroatoms. The molecule has 0 saturated carbocycles. The van der Waals surface area contributed by atoms with Gasteiger partial charge in [-0.15, -0.1) is 0 Å². The van der Waals surface area contributed by atoms with Crippen LogP contribution < -0.4 is 14.4 Å². The molecular weight excluding hydrogens is 550 g/mol. The van der Waals surface area contributed by atoms with Crippen LogP contribution in [0, 0.1) is 5.92 Å². The molecule has 1 N–H and O–H groups in total. The molecule has 2 aromatic heterocycles. The van der Waals surface area contributed by atoms with Crippen molar-refractivity contribution in [3.05, 3.63) is 78.6 Å². The fourth-order valence-electron chi connectivity index (χ4n) is 4.93. The molecule has 1 aliphatic rings. The average Bonchev–Trinajstić information content (AvgIpc) is 3.40. The number of nitrogens with one attached hydrogen (secondary N) is 1. The van der Waals surface area contributed by atoms with Crippen LogP contribution in [0.3, 0.4) is 0 Å². The molecule has 0 spiro atoms. The summed E-state index contributed by atoms with van der Waals surface area (Å²) in [6.45, 7) is 10.3. The van der Waals surface area contributed by atoms with Gasteiger partial charge in [0.15, 0.2) is 0 Å². The molecule has 0 bridgehead atoms. The third-order valence-corrected chi connectivity index (χ3v) is 8.34. The molecule has 4 aromatic rings. The number of hydrogen-bond donors (Lipinski definition) is 1. The van der Waals surface area contributed by atoms with E-state index in [0.717, 1.165) is 48.6 Å². The van der Waals surface area contributed by atoms with Crippen LogP contribution in [-0.2, 0) is 17.1 Å². The van der Waals surface area contributed by atoms with Crippen molar-refractivity contribution in [1.29, 1.82) is 0 Å². The second kappa shape index (κ2) is 12.3. The summed E-state index contributed by atoms with van der Waals surface area (Å²) in [6, 6.07) is 17.5. The van der Waals surface area contributed by atoms with E-state index in [9.17, 15) is 8.42 Å². The lowest BCUT2D eigenvalue weighted by atomic mass is 9.96. The van der Waals surface area contributed by atoms with Crippen molar-refractivity contribution in [1.82, 2.24) is 24.6 Å². The Hall–Kier alpha value is -4.22. The maximum absolute atomic E-state index is 13.1. The van der Waals surface area contributed by atoms with Gasteiger partial charge in [-0.25, -0.2) is 18.1 Å². The second-order valence-electron chi connectivity index (χ2n) is 10.9. The molecular formula is C31H37N7O3S. The monoisotopic (exact) mass is 587 g/mol. The van der Waals surface area contributed by atoms with Crippen LogP contribution in [0.5, 0.6) is 11.6 Å². The highest BCUT2D eigenvalue weighted by atomic mass is 32.2. The number of allylic oxidation sites excluding steroid dienone is 2. The van der Waals surface area contributed by atoms with Gasteiger partial charge in [-0.1, -0.05) is 44.2 Å². The summed E-state index contributed by atoms with van der Waals surface area (Å²) in [4.78, 5) is 13.7. The number of ether oxygens (including phenoxy) is 1. The molecule has 0 atom stereocenters. The molecule has 3 heterocycles. The summed E-state index contributed by atoms with van der Waals surface area (Å²) >= 11 is 0. The summed E-state index contributed by atoms with van der Waals surface area (Å²) in [7, 11) is -0.191. The fourth-order valence-corrected chi connectivity index (χ4v) is 5.85. The highest BCUT2D eigenvalue weighted by molar-refractivity contribution is 7.92. The Labute approximate surface area is 247 Å². The van der Waals surface area contributed by atoms with Crippen LogP contribution in [0.25, 0.3) is 16.8 Å². The van der Waals surface area contributed by atoms with E-state index in [0.29, 0.717) is 17.4 Å². The number of sulfonamides is 1. The lowest BCUT2D eigenvalue weighted by Gasteiger charge is -2.34. The first-order valence-electron chi connectivity index (χ1n) is 14.0. The van der Waals surface area contributed by atoms with Crippen molar-refractivity contribution in [2.75, 3.05) is 42.8 Å². The molecule has 0 aliphatic carbocycles. The van der Waals surface area contributed by atoms with Gasteiger partial charge in [-0.2, -0.15) is 10.1 Å². The van der Waals surface area contributed by atoms with Gasteiger partial charge in [-0.3, -0.25) is 4.68 Å². The molecule has 220 valence electrons. The van der Waals surface area contributed by atoms with Gasteiger partial charge in [0.1, 0.15) is 10.6 Å². The topological polar surface area (TPSA) is 105 Å². The minimum absolute atomic E-state index is 0.0112. The van der Waals surface area contributed by atoms with Crippen LogP contribution in [-0.4, -0.2) is 66.3 Å². The Morgan fingerprint density at radius 2 is 1.71 bits per heavy atom. The summed E-state index contributed by atoms with van der Waals surface area (Å²) < 4.78 is 36.4. The molecule has 0 amide bonds. The lowest BCUT2D eigenvalue weighted by Crippen LogP contribution is -2.44. The number of piperazine rings is 1. The number of aromatic nitrogens is 4. The fraction of sp³-hybridized carbons (Fsp3) is 0.323. The van der Waals surface area contributed by atoms with Gasteiger partial charge in [0, 0.05) is 56.7 Å². The SMILES string of the molecule is C/C(=C/C(C)C)c1ccccc1-c1cc(Oc2ccc(N3CCN(C)CC3)cc2)nc(NS(=O)(=O)c2cnn(C)c2)n1. The third kappa shape index (κ3) is 6.97. The number of hydrogen-bond acceptors (Lipinski definition) is 8. The minimum atomic E-state index is -3.98. The van der Waals surface area contributed by atoms with Crippen molar-refractivity contribution in [3.63, 3.8) is 0 Å². The lowest BCUT2D eigenvalue weighted by molar-refractivity contribution is 0.313. The van der Waals surface area contributed by atoms with E-state index >= 15 is 0 Å². The van der Waals surface area contributed by atoms with Gasteiger partial charge in [0.25, 0.3) is 10.0 Å². The first-order chi connectivity index (χ1) is 20.1. The Bertz CT molecular complexity index is 1670. The molecule has 42 heavy (non-hydrogen) atoms. The number of likely N-dealkylation sites (N-methyl/N-ethyl adjacent to an activating group) is 1. The van der Waals surface area contributed by atoms with Crippen LogP contribution in [0.1, 0.15) is 26.3 Å². The van der Waals surface area contributed by atoms with Crippen LogP contribution in [0.4, 0.5) is 11.6 Å². The highest BCUT2D eigenvalue weighted by Crippen LogP contribution is 2.33. The molecule has 1 aliphatic heterocycles. The predicted molar refractivity (Wildman–Crippen MR) is 166 cm³/mol. The molecule has 1 fully saturated rings. The smallest absolute Gasteiger partial charge is 0.267 e. The normalized spacial score (nSPS) is 14.8. The number of aryl methyl sites for hydroxylation is 1. The summed E-state index contributed by atoms with van der Waals surface area (Å²) in [5, 5.41) is 3.98. The quantitative estimate of drug-likeness (QED) is 0.282. The van der Waals surface area contributed by atoms with Crippen LogP contribution in [0.2, 0.25) is 0 Å². The summed E-state index contributed by atoms with van der Waals surface area (Å²) in [6.07, 6.45) is 4.88. The number of rotatable bonds is 9. The Balaban J connectivity index is 1.50. The van der Waals surface area contributed by atoms with Crippen molar-refractivity contribution < 1.29 is 13.2 Å². The molecule has 0 unspecified atom stereocenters. The molecule has 2 aromatic carbocycles. The van der Waals surface area contributed by atoms with Gasteiger partial charge in [0.05, 0.1) is 11.9 Å². The second-order valence-corrected chi connectivity index (χ2v) is 12.6. The Morgan fingerprint density at radius 3 is 2.38 bits per heavy atom. The maximum atomic E-state index is 13.1. The zero-order valence-corrected chi connectivity index (χ0v) is 25.5. The largest absolute Gasteiger partial charge is 0.439 e. The molecule has 5 rings (SSSR count). The van der Waals surface area contributed by atoms with Gasteiger partial charge < -0.3 is 14.5 Å². The minimum Gasteiger partial charge on any atom is -0.439 e. The Kier molecular flexibility index (Phi) is 8.60. The third-order valence-electron chi connectivity index (χ3n) is 7.06. The van der Waals surface area contributed by atoms with E-state index in [1.807, 2.05) is 48.5 Å². The summed E-state index contributed by atoms with van der Waals surface area (Å²) in [5.74, 6) is 1.07. The first-order valence-corrected chi connectivity index (χ1v) is 15.5. The summed E-state index contributed by atoms with van der Waals surface area (Å²) in [5.41, 5.74) is 4.59. The number of benzene rings is 2. The Morgan fingerprint density at radius 1 is 1.00 bits per heavy atom. The molecule has 10 nitrogen and oxygen atoms in total. The first kappa shape index (κ1) is 29.3. The zero-order chi connectivity index (χ0) is 29.9.